The summed E-state index contributed by atoms with van der Waals surface area (Å²) >= 11 is 0. The quantitative estimate of drug-likeness (QED) is 0.195. The normalized spacial score (nSPS) is 13.5. The van der Waals surface area contributed by atoms with Crippen LogP contribution in [-0.4, -0.2) is 48.0 Å². The molecule has 0 fully saturated rings. The van der Waals surface area contributed by atoms with Gasteiger partial charge in [0.05, 0.1) is 31.7 Å². The van der Waals surface area contributed by atoms with E-state index in [1.807, 2.05) is 41.1 Å². The number of nitrogens with one attached hydrogen (secondary N) is 1. The largest absolute Gasteiger partial charge is 0.484 e. The van der Waals surface area contributed by atoms with E-state index in [4.69, 9.17) is 9.47 Å². The predicted molar refractivity (Wildman–Crippen MR) is 169 cm³/mol. The highest BCUT2D eigenvalue weighted by Crippen LogP contribution is 2.36. The van der Waals surface area contributed by atoms with Gasteiger partial charge in [0.15, 0.2) is 5.78 Å². The van der Waals surface area contributed by atoms with Crippen molar-refractivity contribution in [2.45, 2.75) is 51.0 Å². The second-order valence-electron chi connectivity index (χ2n) is 10.7. The van der Waals surface area contributed by atoms with Gasteiger partial charge in [0.2, 0.25) is 9.84 Å². The van der Waals surface area contributed by atoms with Crippen molar-refractivity contribution in [3.05, 3.63) is 113 Å². The Hall–Kier alpha value is -4.77. The lowest BCUT2D eigenvalue weighted by molar-refractivity contribution is -0.142. The number of hydrogen-bond donors (Lipinski definition) is 1. The van der Waals surface area contributed by atoms with Crippen molar-refractivity contribution in [3.8, 4) is 5.75 Å². The third kappa shape index (κ3) is 7.85. The summed E-state index contributed by atoms with van der Waals surface area (Å²) in [5, 5.41) is 1.99. The Labute approximate surface area is 262 Å². The Morgan fingerprint density at radius 1 is 1.04 bits per heavy atom. The van der Waals surface area contributed by atoms with Crippen LogP contribution in [0.4, 0.5) is 5.69 Å². The average molecular weight is 630 g/mol. The van der Waals surface area contributed by atoms with E-state index in [-0.39, 0.29) is 36.9 Å². The van der Waals surface area contributed by atoms with Crippen LogP contribution < -0.4 is 10.1 Å². The van der Waals surface area contributed by atoms with E-state index in [2.05, 4.69) is 10.3 Å². The number of imidazole rings is 1. The van der Waals surface area contributed by atoms with Crippen molar-refractivity contribution in [1.82, 2.24) is 9.55 Å². The van der Waals surface area contributed by atoms with Gasteiger partial charge in [0.25, 0.3) is 5.12 Å². The molecule has 1 aliphatic carbocycles. The Kier molecular flexibility index (Phi) is 10.1. The number of aromatic nitrogens is 2. The van der Waals surface area contributed by atoms with Crippen LogP contribution in [0.1, 0.15) is 69.7 Å². The number of carbonyl (C=O) groups excluding carboxylic acids is 3. The number of sulfone groups is 1. The highest BCUT2D eigenvalue weighted by Gasteiger charge is 2.31. The molecule has 0 amide bonds. The van der Waals surface area contributed by atoms with E-state index in [0.29, 0.717) is 53.9 Å². The van der Waals surface area contributed by atoms with Gasteiger partial charge >= 0.3 is 5.97 Å². The molecule has 234 valence electrons. The summed E-state index contributed by atoms with van der Waals surface area (Å²) in [4.78, 5) is 42.1. The third-order valence-corrected chi connectivity index (χ3v) is 9.04. The minimum Gasteiger partial charge on any atom is -0.484 e. The number of ether oxygens (including phenoxy) is 2. The summed E-state index contributed by atoms with van der Waals surface area (Å²) < 4.78 is 40.8. The zero-order valence-corrected chi connectivity index (χ0v) is 25.8. The topological polar surface area (TPSA) is 134 Å². The molecular formula is C34H35N3O7S. The number of ketones is 1. The number of anilines is 1. The van der Waals surface area contributed by atoms with Crippen molar-refractivity contribution in [2.75, 3.05) is 18.5 Å². The first kappa shape index (κ1) is 31.6. The van der Waals surface area contributed by atoms with E-state index in [1.165, 1.54) is 12.1 Å². The van der Waals surface area contributed by atoms with E-state index in [9.17, 15) is 22.8 Å². The van der Waals surface area contributed by atoms with Crippen molar-refractivity contribution in [3.63, 3.8) is 0 Å². The van der Waals surface area contributed by atoms with Crippen LogP contribution in [0.2, 0.25) is 0 Å². The lowest BCUT2D eigenvalue weighted by atomic mass is 9.87. The first-order valence-corrected chi connectivity index (χ1v) is 16.5. The van der Waals surface area contributed by atoms with Crippen LogP contribution in [-0.2, 0) is 38.1 Å². The summed E-state index contributed by atoms with van der Waals surface area (Å²) in [6, 6.07) is 19.0. The Morgan fingerprint density at radius 3 is 2.62 bits per heavy atom. The zero-order valence-electron chi connectivity index (χ0n) is 25.0. The van der Waals surface area contributed by atoms with Crippen molar-refractivity contribution < 1.29 is 32.3 Å². The fourth-order valence-corrected chi connectivity index (χ4v) is 6.71. The number of Topliss-reactive ketones (excluding diaryl/α,β-unsaturated/α-hetero) is 1. The molecule has 1 heterocycles. The smallest absolute Gasteiger partial charge is 0.307 e. The maximum Gasteiger partial charge on any atom is 0.307 e. The summed E-state index contributed by atoms with van der Waals surface area (Å²) in [7, 11) is -4.40. The van der Waals surface area contributed by atoms with E-state index in [1.54, 1.807) is 43.7 Å². The average Bonchev–Trinajstić information content (AvgIpc) is 3.55. The van der Waals surface area contributed by atoms with Crippen LogP contribution >= 0.6 is 0 Å². The number of benzene rings is 3. The fourth-order valence-electron chi connectivity index (χ4n) is 5.40. The number of carbonyl (C=O) groups is 3. The summed E-state index contributed by atoms with van der Waals surface area (Å²) in [6.07, 6.45) is 6.22. The molecule has 1 N–H and O–H groups in total. The molecule has 0 spiro atoms. The number of nitrogens with zero attached hydrogens (tertiary/aromatic N) is 2. The molecule has 1 atom stereocenters. The molecule has 0 saturated heterocycles. The van der Waals surface area contributed by atoms with Crippen molar-refractivity contribution in [1.29, 1.82) is 0 Å². The van der Waals surface area contributed by atoms with E-state index >= 15 is 0 Å². The second kappa shape index (κ2) is 14.3. The molecule has 1 aromatic heterocycles. The molecule has 0 radical (unpaired) electrons. The summed E-state index contributed by atoms with van der Waals surface area (Å²) in [5.41, 5.74) is 2.74. The lowest BCUT2D eigenvalue weighted by Crippen LogP contribution is -2.22. The molecule has 5 rings (SSSR count). The molecule has 1 aliphatic rings. The minimum absolute atomic E-state index is 0.0123. The Balaban J connectivity index is 1.44. The van der Waals surface area contributed by atoms with Gasteiger partial charge in [0.1, 0.15) is 11.9 Å². The van der Waals surface area contributed by atoms with Crippen molar-refractivity contribution in [2.24, 2.45) is 0 Å². The first-order valence-electron chi connectivity index (χ1n) is 14.9. The minimum atomic E-state index is -4.40. The van der Waals surface area contributed by atoms with Gasteiger partial charge in [-0.2, -0.15) is 0 Å². The van der Waals surface area contributed by atoms with E-state index in [0.717, 1.165) is 5.56 Å². The summed E-state index contributed by atoms with van der Waals surface area (Å²) in [6.45, 7) is 2.67. The number of fused-ring (bicyclic) bond motifs is 1. The molecule has 45 heavy (non-hydrogen) atoms. The third-order valence-electron chi connectivity index (χ3n) is 7.57. The lowest BCUT2D eigenvalue weighted by Gasteiger charge is -2.25. The molecule has 4 aromatic rings. The van der Waals surface area contributed by atoms with Crippen LogP contribution in [0.25, 0.3) is 0 Å². The summed E-state index contributed by atoms with van der Waals surface area (Å²) in [5.74, 6) is -0.734. The van der Waals surface area contributed by atoms with Gasteiger partial charge < -0.3 is 19.4 Å². The zero-order chi connectivity index (χ0) is 31.8. The van der Waals surface area contributed by atoms with Gasteiger partial charge in [-0.05, 0) is 55.2 Å². The molecule has 0 aliphatic heterocycles. The van der Waals surface area contributed by atoms with Crippen LogP contribution in [0.15, 0.2) is 85.5 Å². The number of hydrogen-bond acceptors (Lipinski definition) is 9. The molecule has 0 saturated carbocycles. The SMILES string of the molecule is CCOC(=O)CCNc1cccc(C(=O)S(=O)(=O)Cc2c(OC(Cn3ccnc3)c3ccccc3)ccc3c2CCCC3=O)c1. The van der Waals surface area contributed by atoms with Gasteiger partial charge in [0, 0.05) is 47.7 Å². The molecule has 10 nitrogen and oxygen atoms in total. The second-order valence-corrected chi connectivity index (χ2v) is 12.6. The van der Waals surface area contributed by atoms with Crippen LogP contribution in [0.3, 0.4) is 0 Å². The van der Waals surface area contributed by atoms with Gasteiger partial charge in [-0.25, -0.2) is 13.4 Å². The van der Waals surface area contributed by atoms with Gasteiger partial charge in [-0.1, -0.05) is 42.5 Å². The Morgan fingerprint density at radius 2 is 1.87 bits per heavy atom. The Bertz CT molecular complexity index is 1770. The molecule has 11 heteroatoms. The fraction of sp³-hybridized carbons (Fsp3) is 0.294. The number of esters is 1. The maximum absolute atomic E-state index is 13.7. The molecule has 3 aromatic carbocycles. The molecular weight excluding hydrogens is 594 g/mol. The molecule has 1 unspecified atom stereocenters. The van der Waals surface area contributed by atoms with E-state index < -0.39 is 26.8 Å². The highest BCUT2D eigenvalue weighted by atomic mass is 32.2. The number of rotatable bonds is 13. The standard InChI is InChI=1S/C34H35N3O7S/c1-2-43-33(39)16-17-36-26-11-6-10-25(20-26)34(40)45(41,42)22-29-27-12-7-13-30(38)28(27)14-15-31(29)44-32(21-37-19-18-35-23-37)24-8-4-3-5-9-24/h3-6,8-11,14-15,18-20,23,32,36H,2,7,12-13,16-17,21-22H2,1H3. The predicted octanol–water partition coefficient (Wildman–Crippen LogP) is 5.34. The first-order chi connectivity index (χ1) is 21.7. The highest BCUT2D eigenvalue weighted by molar-refractivity contribution is 8.05. The monoisotopic (exact) mass is 629 g/mol. The van der Waals surface area contributed by atoms with Crippen LogP contribution in [0.5, 0.6) is 5.75 Å². The van der Waals surface area contributed by atoms with Gasteiger partial charge in [-0.15, -0.1) is 0 Å². The maximum atomic E-state index is 13.7. The van der Waals surface area contributed by atoms with Gasteiger partial charge in [-0.3, -0.25) is 14.4 Å². The molecule has 0 bridgehead atoms. The van der Waals surface area contributed by atoms with Crippen molar-refractivity contribution >= 4 is 32.4 Å². The van der Waals surface area contributed by atoms with Crippen LogP contribution in [0, 0.1) is 0 Å².